The third kappa shape index (κ3) is 9.82. The molecule has 0 bridgehead atoms. The average Bonchev–Trinajstić information content (AvgIpc) is 3.09. The van der Waals surface area contributed by atoms with Crippen molar-refractivity contribution in [3.63, 3.8) is 0 Å². The fraction of sp³-hybridized carbons (Fsp3) is 0.279. The number of fused-ring (bicyclic) bond motifs is 2. The summed E-state index contributed by atoms with van der Waals surface area (Å²) in [6.07, 6.45) is 9.38. The molecule has 4 aromatic carbocycles. The van der Waals surface area contributed by atoms with E-state index in [1.165, 1.54) is 62.6 Å². The van der Waals surface area contributed by atoms with Gasteiger partial charge in [0.1, 0.15) is 22.7 Å². The lowest BCUT2D eigenvalue weighted by atomic mass is 10.0. The number of rotatable bonds is 11. The Balaban J connectivity index is 0.000000222. The molecule has 260 valence electrons. The van der Waals surface area contributed by atoms with E-state index in [9.17, 15) is 19.5 Å². The van der Waals surface area contributed by atoms with Crippen LogP contribution in [0, 0.1) is 0 Å². The molecule has 0 aliphatic rings. The first-order valence-electron chi connectivity index (χ1n) is 17.0. The zero-order valence-corrected chi connectivity index (χ0v) is 28.3. The van der Waals surface area contributed by atoms with Gasteiger partial charge in [-0.15, -0.1) is 0 Å². The van der Waals surface area contributed by atoms with Crippen molar-refractivity contribution in [2.45, 2.75) is 79.6 Å². The molecule has 7 nitrogen and oxygen atoms in total. The average molecular weight is 675 g/mol. The summed E-state index contributed by atoms with van der Waals surface area (Å²) in [6, 6.07) is 29.6. The molecular formula is C43H46O7. The Hall–Kier alpha value is -5.43. The van der Waals surface area contributed by atoms with Crippen molar-refractivity contribution < 1.29 is 23.5 Å². The van der Waals surface area contributed by atoms with E-state index >= 15 is 0 Å². The second kappa shape index (κ2) is 17.8. The number of carbonyl (C=O) groups is 1. The predicted octanol–water partition coefficient (Wildman–Crippen LogP) is 10.7. The molecule has 0 amide bonds. The number of phenols is 1. The van der Waals surface area contributed by atoms with Gasteiger partial charge in [-0.05, 0) is 84.3 Å². The molecule has 0 unspecified atom stereocenters. The van der Waals surface area contributed by atoms with Crippen molar-refractivity contribution in [2.24, 2.45) is 0 Å². The molecule has 0 saturated heterocycles. The van der Waals surface area contributed by atoms with Crippen LogP contribution < -0.4 is 16.0 Å². The number of hydrogen-bond donors (Lipinski definition) is 1. The molecule has 50 heavy (non-hydrogen) atoms. The Morgan fingerprint density at radius 3 is 1.54 bits per heavy atom. The Morgan fingerprint density at radius 1 is 0.620 bits per heavy atom. The first kappa shape index (κ1) is 37.4. The smallest absolute Gasteiger partial charge is 0.344 e. The van der Waals surface area contributed by atoms with Crippen LogP contribution in [0.5, 0.6) is 11.5 Å². The van der Waals surface area contributed by atoms with Crippen molar-refractivity contribution in [3.8, 4) is 33.8 Å². The summed E-state index contributed by atoms with van der Waals surface area (Å²) in [5.41, 5.74) is 5.33. The van der Waals surface area contributed by atoms with E-state index in [4.69, 9.17) is 13.6 Å². The molecule has 0 fully saturated rings. The summed E-state index contributed by atoms with van der Waals surface area (Å²) in [4.78, 5) is 35.6. The van der Waals surface area contributed by atoms with Gasteiger partial charge in [0.15, 0.2) is 0 Å². The van der Waals surface area contributed by atoms with E-state index in [-0.39, 0.29) is 18.8 Å². The van der Waals surface area contributed by atoms with E-state index < -0.39 is 11.6 Å². The number of aromatic hydroxyl groups is 1. The Morgan fingerprint density at radius 2 is 1.08 bits per heavy atom. The summed E-state index contributed by atoms with van der Waals surface area (Å²) < 4.78 is 15.8. The lowest BCUT2D eigenvalue weighted by Gasteiger charge is -2.06. The van der Waals surface area contributed by atoms with Crippen LogP contribution in [0.25, 0.3) is 44.2 Å². The molecular weight excluding hydrogens is 628 g/mol. The lowest BCUT2D eigenvalue weighted by Crippen LogP contribution is -2.04. The molecule has 0 atom stereocenters. The van der Waals surface area contributed by atoms with Crippen LogP contribution in [0.2, 0.25) is 0 Å². The van der Waals surface area contributed by atoms with Gasteiger partial charge in [-0.3, -0.25) is 4.79 Å². The third-order valence-electron chi connectivity index (χ3n) is 8.36. The number of esters is 1. The topological polar surface area (TPSA) is 107 Å². The molecule has 2 aromatic heterocycles. The number of unbranched alkanes of at least 4 members (excludes halogenated alkanes) is 4. The molecule has 0 aliphatic carbocycles. The molecule has 0 radical (unpaired) electrons. The molecule has 0 spiro atoms. The Bertz CT molecular complexity index is 2140. The van der Waals surface area contributed by atoms with Crippen LogP contribution in [0.15, 0.2) is 115 Å². The molecule has 2 heterocycles. The molecule has 0 aliphatic heterocycles. The normalized spacial score (nSPS) is 10.7. The highest BCUT2D eigenvalue weighted by Crippen LogP contribution is 2.26. The fourth-order valence-corrected chi connectivity index (χ4v) is 5.68. The maximum atomic E-state index is 12.4. The van der Waals surface area contributed by atoms with E-state index in [1.54, 1.807) is 30.3 Å². The van der Waals surface area contributed by atoms with E-state index in [0.717, 1.165) is 34.7 Å². The van der Waals surface area contributed by atoms with Gasteiger partial charge >= 0.3 is 17.2 Å². The van der Waals surface area contributed by atoms with Crippen molar-refractivity contribution in [1.82, 2.24) is 0 Å². The van der Waals surface area contributed by atoms with Crippen LogP contribution in [0.1, 0.15) is 77.8 Å². The quantitative estimate of drug-likeness (QED) is 0.0631. The minimum atomic E-state index is -0.414. The van der Waals surface area contributed by atoms with Crippen LogP contribution in [-0.2, 0) is 17.6 Å². The second-order valence-corrected chi connectivity index (χ2v) is 12.2. The minimum Gasteiger partial charge on any atom is -0.508 e. The lowest BCUT2D eigenvalue weighted by molar-refractivity contribution is -0.131. The molecule has 7 heteroatoms. The van der Waals surface area contributed by atoms with Gasteiger partial charge in [-0.1, -0.05) is 95.5 Å². The summed E-state index contributed by atoms with van der Waals surface area (Å²) >= 11 is 0. The standard InChI is InChI=1S/C22H22O4.C20H20O3.CH4/c1-3-4-5-6-16-7-9-17(10-8-16)20-13-18-11-12-19(25-15(2)23)14-21(18)26-22(20)24;1-2-3-4-5-14-6-8-15(9-7-14)18-12-16-10-11-17(21)13-19(16)23-20(18)22;/h7-14H,3-6H2,1-2H3;6-13,21H,2-5H2,1H3;1H4. The minimum absolute atomic E-state index is 0. The maximum absolute atomic E-state index is 12.4. The van der Waals surface area contributed by atoms with Gasteiger partial charge in [0.2, 0.25) is 0 Å². The number of aryl methyl sites for hydroxylation is 2. The van der Waals surface area contributed by atoms with E-state index in [0.29, 0.717) is 28.0 Å². The predicted molar refractivity (Wildman–Crippen MR) is 202 cm³/mol. The highest BCUT2D eigenvalue weighted by molar-refractivity contribution is 5.84. The van der Waals surface area contributed by atoms with Crippen LogP contribution >= 0.6 is 0 Å². The highest BCUT2D eigenvalue weighted by atomic mass is 16.5. The zero-order chi connectivity index (χ0) is 34.8. The third-order valence-corrected chi connectivity index (χ3v) is 8.36. The number of hydrogen-bond acceptors (Lipinski definition) is 7. The van der Waals surface area contributed by atoms with Gasteiger partial charge in [-0.25, -0.2) is 9.59 Å². The number of benzene rings is 4. The number of carbonyl (C=O) groups excluding carboxylic acids is 1. The van der Waals surface area contributed by atoms with Crippen molar-refractivity contribution >= 4 is 27.9 Å². The highest BCUT2D eigenvalue weighted by Gasteiger charge is 2.11. The maximum Gasteiger partial charge on any atom is 0.344 e. The van der Waals surface area contributed by atoms with Crippen LogP contribution in [0.3, 0.4) is 0 Å². The molecule has 6 aromatic rings. The largest absolute Gasteiger partial charge is 0.508 e. The Kier molecular flexibility index (Phi) is 13.3. The molecule has 1 N–H and O–H groups in total. The van der Waals surface area contributed by atoms with Crippen LogP contribution in [-0.4, -0.2) is 11.1 Å². The van der Waals surface area contributed by atoms with Crippen molar-refractivity contribution in [1.29, 1.82) is 0 Å². The SMILES string of the molecule is C.CCCCCc1ccc(-c2cc3ccc(O)cc3oc2=O)cc1.CCCCCc1ccc(-c2cc3ccc(OC(C)=O)cc3oc2=O)cc1. The Labute approximate surface area is 293 Å². The van der Waals surface area contributed by atoms with Gasteiger partial charge in [0.05, 0.1) is 11.1 Å². The monoisotopic (exact) mass is 674 g/mol. The van der Waals surface area contributed by atoms with E-state index in [1.807, 2.05) is 36.4 Å². The first-order chi connectivity index (χ1) is 23.7. The van der Waals surface area contributed by atoms with E-state index in [2.05, 4.69) is 38.1 Å². The van der Waals surface area contributed by atoms with Crippen molar-refractivity contribution in [3.05, 3.63) is 129 Å². The summed E-state index contributed by atoms with van der Waals surface area (Å²) in [7, 11) is 0. The summed E-state index contributed by atoms with van der Waals surface area (Å²) in [5.74, 6) is 0.0320. The molecule has 0 saturated carbocycles. The van der Waals surface area contributed by atoms with Crippen LogP contribution in [0.4, 0.5) is 0 Å². The van der Waals surface area contributed by atoms with Gasteiger partial charge < -0.3 is 18.7 Å². The number of phenolic OH excluding ortho intramolecular Hbond substituents is 1. The first-order valence-corrected chi connectivity index (χ1v) is 17.0. The van der Waals surface area contributed by atoms with Gasteiger partial charge in [0, 0.05) is 29.8 Å². The summed E-state index contributed by atoms with van der Waals surface area (Å²) in [6.45, 7) is 5.72. The van der Waals surface area contributed by atoms with Crippen molar-refractivity contribution in [2.75, 3.05) is 0 Å². The zero-order valence-electron chi connectivity index (χ0n) is 28.3. The van der Waals surface area contributed by atoms with Gasteiger partial charge in [-0.2, -0.15) is 0 Å². The molecule has 6 rings (SSSR count). The fourth-order valence-electron chi connectivity index (χ4n) is 5.68. The summed E-state index contributed by atoms with van der Waals surface area (Å²) in [5, 5.41) is 11.0. The second-order valence-electron chi connectivity index (χ2n) is 12.2. The number of ether oxygens (including phenoxy) is 1. The van der Waals surface area contributed by atoms with Gasteiger partial charge in [0.25, 0.3) is 0 Å².